The lowest BCUT2D eigenvalue weighted by molar-refractivity contribution is 0.591. The summed E-state index contributed by atoms with van der Waals surface area (Å²) in [4.78, 5) is 0. The Morgan fingerprint density at radius 1 is 0.595 bits per heavy atom. The number of fused-ring (bicyclic) bond motifs is 3. The highest BCUT2D eigenvalue weighted by Gasteiger charge is 2.22. The minimum atomic E-state index is 0.0248. The van der Waals surface area contributed by atoms with Crippen molar-refractivity contribution >= 4 is 38.6 Å². The zero-order valence-electron chi connectivity index (χ0n) is 24.7. The minimum Gasteiger partial charge on any atom is -0.455 e. The van der Waals surface area contributed by atoms with E-state index >= 15 is 0 Å². The third kappa shape index (κ3) is 4.16. The molecule has 0 spiro atoms. The average molecular weight is 543 g/mol. The van der Waals surface area contributed by atoms with Crippen LogP contribution in [0.5, 0.6) is 0 Å². The average Bonchev–Trinajstić information content (AvgIpc) is 3.37. The molecule has 7 rings (SSSR count). The molecule has 0 aliphatic carbocycles. The quantitative estimate of drug-likeness (QED) is 0.202. The highest BCUT2D eigenvalue weighted by molar-refractivity contribution is 6.22. The van der Waals surface area contributed by atoms with Crippen LogP contribution in [0.4, 0.5) is 0 Å². The van der Waals surface area contributed by atoms with Crippen molar-refractivity contribution in [1.82, 2.24) is 0 Å². The van der Waals surface area contributed by atoms with Gasteiger partial charge in [-0.05, 0) is 85.5 Å². The summed E-state index contributed by atoms with van der Waals surface area (Å²) in [5, 5.41) is 6.11. The summed E-state index contributed by atoms with van der Waals surface area (Å²) in [7, 11) is 0. The van der Waals surface area contributed by atoms with Crippen LogP contribution in [0.15, 0.2) is 126 Å². The maximum atomic E-state index is 6.49. The molecule has 0 fully saturated rings. The minimum absolute atomic E-state index is 0.0248. The lowest BCUT2D eigenvalue weighted by Crippen LogP contribution is -2.10. The van der Waals surface area contributed by atoms with E-state index in [0.29, 0.717) is 0 Å². The highest BCUT2D eigenvalue weighted by Crippen LogP contribution is 2.46. The van der Waals surface area contributed by atoms with Gasteiger partial charge < -0.3 is 4.42 Å². The second-order valence-corrected chi connectivity index (χ2v) is 12.2. The Kier molecular flexibility index (Phi) is 6.13. The Morgan fingerprint density at radius 2 is 1.24 bits per heavy atom. The number of hydrogen-bond acceptors (Lipinski definition) is 1. The first-order valence-electron chi connectivity index (χ1n) is 14.6. The molecule has 0 atom stereocenters. The van der Waals surface area contributed by atoms with Crippen molar-refractivity contribution in [3.63, 3.8) is 0 Å². The second-order valence-electron chi connectivity index (χ2n) is 12.2. The summed E-state index contributed by atoms with van der Waals surface area (Å²) in [5.74, 6) is 0.874. The van der Waals surface area contributed by atoms with Gasteiger partial charge in [-0.1, -0.05) is 130 Å². The molecule has 0 unspecified atom stereocenters. The molecule has 1 heterocycles. The van der Waals surface area contributed by atoms with E-state index < -0.39 is 0 Å². The molecule has 0 saturated heterocycles. The molecule has 0 saturated carbocycles. The molecule has 0 N–H and O–H groups in total. The predicted octanol–water partition coefficient (Wildman–Crippen LogP) is 12.0. The zero-order chi connectivity index (χ0) is 29.0. The number of furan rings is 1. The van der Waals surface area contributed by atoms with Crippen LogP contribution in [0.25, 0.3) is 72.2 Å². The first-order chi connectivity index (χ1) is 20.3. The summed E-state index contributed by atoms with van der Waals surface area (Å²) >= 11 is 0. The van der Waals surface area contributed by atoms with E-state index in [4.69, 9.17) is 4.42 Å². The Bertz CT molecular complexity index is 2130. The maximum absolute atomic E-state index is 6.49. The second kappa shape index (κ2) is 9.89. The number of rotatable bonds is 4. The van der Waals surface area contributed by atoms with E-state index in [0.717, 1.165) is 27.9 Å². The van der Waals surface area contributed by atoms with Crippen LogP contribution >= 0.6 is 0 Å². The van der Waals surface area contributed by atoms with Crippen LogP contribution in [0, 0.1) is 6.92 Å². The largest absolute Gasteiger partial charge is 0.455 e. The van der Waals surface area contributed by atoms with Crippen molar-refractivity contribution in [2.24, 2.45) is 0 Å². The van der Waals surface area contributed by atoms with Gasteiger partial charge in [-0.25, -0.2) is 0 Å². The van der Waals surface area contributed by atoms with E-state index in [-0.39, 0.29) is 5.41 Å². The van der Waals surface area contributed by atoms with Gasteiger partial charge in [-0.2, -0.15) is 0 Å². The fourth-order valence-electron chi connectivity index (χ4n) is 6.37. The van der Waals surface area contributed by atoms with Crippen molar-refractivity contribution < 1.29 is 4.42 Å². The molecule has 0 aliphatic rings. The Balaban J connectivity index is 1.59. The molecular formula is C41H34O. The molecule has 6 aromatic carbocycles. The van der Waals surface area contributed by atoms with Crippen LogP contribution in [-0.2, 0) is 5.41 Å². The molecule has 42 heavy (non-hydrogen) atoms. The summed E-state index contributed by atoms with van der Waals surface area (Å²) in [5.41, 5.74) is 10.5. The third-order valence-corrected chi connectivity index (χ3v) is 8.56. The number of benzene rings is 6. The Labute approximate surface area is 247 Å². The molecule has 1 heteroatoms. The van der Waals surface area contributed by atoms with Gasteiger partial charge >= 0.3 is 0 Å². The van der Waals surface area contributed by atoms with Crippen molar-refractivity contribution in [3.8, 4) is 33.6 Å². The van der Waals surface area contributed by atoms with Gasteiger partial charge in [-0.15, -0.1) is 0 Å². The van der Waals surface area contributed by atoms with Crippen molar-refractivity contribution in [2.75, 3.05) is 0 Å². The van der Waals surface area contributed by atoms with Crippen LogP contribution < -0.4 is 0 Å². The number of aryl methyl sites for hydroxylation is 1. The van der Waals surface area contributed by atoms with Gasteiger partial charge in [0.2, 0.25) is 0 Å². The van der Waals surface area contributed by atoms with E-state index in [2.05, 4.69) is 150 Å². The van der Waals surface area contributed by atoms with Gasteiger partial charge in [0.15, 0.2) is 0 Å². The first kappa shape index (κ1) is 26.0. The fraction of sp³-hybridized carbons (Fsp3) is 0.122. The molecule has 204 valence electrons. The van der Waals surface area contributed by atoms with Gasteiger partial charge in [0.1, 0.15) is 11.3 Å². The summed E-state index contributed by atoms with van der Waals surface area (Å²) in [6, 6.07) is 41.7. The van der Waals surface area contributed by atoms with E-state index in [1.54, 1.807) is 0 Å². The van der Waals surface area contributed by atoms with Crippen molar-refractivity contribution in [1.29, 1.82) is 0 Å². The first-order valence-corrected chi connectivity index (χ1v) is 14.6. The lowest BCUT2D eigenvalue weighted by Gasteiger charge is -2.23. The van der Waals surface area contributed by atoms with Crippen molar-refractivity contribution in [2.45, 2.75) is 33.1 Å². The van der Waals surface area contributed by atoms with Gasteiger partial charge in [0.25, 0.3) is 0 Å². The molecule has 1 aromatic heterocycles. The molecule has 1 nitrogen and oxygen atoms in total. The topological polar surface area (TPSA) is 13.1 Å². The van der Waals surface area contributed by atoms with Gasteiger partial charge in [0, 0.05) is 16.5 Å². The summed E-state index contributed by atoms with van der Waals surface area (Å²) < 4.78 is 6.49. The van der Waals surface area contributed by atoms with Crippen LogP contribution in [-0.4, -0.2) is 0 Å². The maximum Gasteiger partial charge on any atom is 0.142 e. The zero-order valence-corrected chi connectivity index (χ0v) is 24.7. The van der Waals surface area contributed by atoms with Crippen LogP contribution in [0.1, 0.15) is 37.5 Å². The number of hydrogen-bond donors (Lipinski definition) is 0. The van der Waals surface area contributed by atoms with E-state index in [1.807, 2.05) is 6.08 Å². The molecule has 0 bridgehead atoms. The fourth-order valence-corrected chi connectivity index (χ4v) is 6.37. The molecule has 0 aliphatic heterocycles. The highest BCUT2D eigenvalue weighted by atomic mass is 16.3. The monoisotopic (exact) mass is 542 g/mol. The van der Waals surface area contributed by atoms with Gasteiger partial charge in [-0.3, -0.25) is 0 Å². The SMILES string of the molecule is C=Cc1c(-c2ccccc2C)oc2ccc(-c3c4ccccc4c(-c4ccccc4)c4ccc(C(C)(C)C)cc34)cc12. The Hall–Kier alpha value is -4.88. The molecular weight excluding hydrogens is 508 g/mol. The van der Waals surface area contributed by atoms with E-state index in [1.165, 1.54) is 54.9 Å². The normalized spacial score (nSPS) is 11.9. The van der Waals surface area contributed by atoms with Crippen LogP contribution in [0.3, 0.4) is 0 Å². The van der Waals surface area contributed by atoms with Gasteiger partial charge in [0.05, 0.1) is 0 Å². The van der Waals surface area contributed by atoms with Crippen LogP contribution in [0.2, 0.25) is 0 Å². The third-order valence-electron chi connectivity index (χ3n) is 8.56. The molecule has 0 amide bonds. The standard InChI is InChI=1S/C41H34O/c1-6-30-35-24-28(20-23-37(35)42-40(30)31-17-11-10-14-26(31)2)39-33-19-13-12-18-32(33)38(27-15-8-7-9-16-27)34-22-21-29(25-36(34)39)41(3,4)5/h6-25H,1H2,2-5H3. The summed E-state index contributed by atoms with van der Waals surface area (Å²) in [6.07, 6.45) is 1.93. The molecule has 7 aromatic rings. The molecule has 0 radical (unpaired) electrons. The Morgan fingerprint density at radius 3 is 1.93 bits per heavy atom. The summed E-state index contributed by atoms with van der Waals surface area (Å²) in [6.45, 7) is 13.2. The van der Waals surface area contributed by atoms with E-state index in [9.17, 15) is 0 Å². The predicted molar refractivity (Wildman–Crippen MR) is 181 cm³/mol. The lowest BCUT2D eigenvalue weighted by atomic mass is 9.81. The van der Waals surface area contributed by atoms with Crippen molar-refractivity contribution in [3.05, 3.63) is 139 Å². The smallest absolute Gasteiger partial charge is 0.142 e.